The third-order valence-corrected chi connectivity index (χ3v) is 8.06. The van der Waals surface area contributed by atoms with Crippen LogP contribution in [0, 0.1) is 11.8 Å². The largest absolute Gasteiger partial charge is 0.492 e. The van der Waals surface area contributed by atoms with E-state index in [9.17, 15) is 24.3 Å². The predicted molar refractivity (Wildman–Crippen MR) is 159 cm³/mol. The van der Waals surface area contributed by atoms with Crippen molar-refractivity contribution in [2.75, 3.05) is 27.6 Å². The standard InChI is InChI=1S/C30H42N2O9S/c1-15-12-19-24(34)22(28(42-8)25(35)27(19)40-7)32-29(36)16(2)10-9-11-20(38-5)26(41-30(31)37)18(4)14-17(3)23(33)21(13-15)39-6/h9-11,14-15,17,20-21,23,26,33H,12-13H2,1-8H3,(H2,31,37)(H,32,36)/t15-,17+,20+,21+,23-,26+/m1/s1. The van der Waals surface area contributed by atoms with Crippen LogP contribution in [-0.4, -0.2) is 80.7 Å². The predicted octanol–water partition coefficient (Wildman–Crippen LogP) is 3.10. The first kappa shape index (κ1) is 35.0. The van der Waals surface area contributed by atoms with Gasteiger partial charge < -0.3 is 35.1 Å². The van der Waals surface area contributed by atoms with Crippen LogP contribution in [0.15, 0.2) is 57.4 Å². The van der Waals surface area contributed by atoms with Crippen LogP contribution in [0.1, 0.15) is 40.5 Å². The van der Waals surface area contributed by atoms with Crippen LogP contribution in [0.2, 0.25) is 0 Å². The fraction of sp³-hybridized carbons (Fsp3) is 0.533. The molecule has 6 atom stereocenters. The molecule has 1 heterocycles. The molecule has 0 saturated carbocycles. The van der Waals surface area contributed by atoms with Crippen LogP contribution in [0.4, 0.5) is 4.79 Å². The SMILES string of the molecule is COC1=C2C[C@@H](C)C[C@H](OC)[C@H](O)[C@@H](C)C=C(C)[C@H](OC(N)=O)[C@@H](OC)C=CC=C(C)C(=O)NC(=C(SC)C1=O)C2=O. The Hall–Kier alpha value is -3.19. The molecule has 0 saturated heterocycles. The van der Waals surface area contributed by atoms with Gasteiger partial charge in [0.15, 0.2) is 11.9 Å². The number of aliphatic hydroxyl groups excluding tert-OH is 1. The normalized spacial score (nSPS) is 28.7. The number of methoxy groups -OCH3 is 3. The van der Waals surface area contributed by atoms with Crippen molar-refractivity contribution in [2.45, 2.75) is 65.0 Å². The van der Waals surface area contributed by atoms with Crippen molar-refractivity contribution in [3.63, 3.8) is 0 Å². The zero-order chi connectivity index (χ0) is 31.7. The highest BCUT2D eigenvalue weighted by Crippen LogP contribution is 2.34. The number of fused-ring (bicyclic) bond motifs is 2. The van der Waals surface area contributed by atoms with Gasteiger partial charge in [0.1, 0.15) is 11.8 Å². The molecule has 11 nitrogen and oxygen atoms in total. The zero-order valence-corrected chi connectivity index (χ0v) is 26.2. The molecule has 12 heteroatoms. The Morgan fingerprint density at radius 1 is 1.10 bits per heavy atom. The Kier molecular flexibility index (Phi) is 13.2. The topological polar surface area (TPSA) is 163 Å². The van der Waals surface area contributed by atoms with Gasteiger partial charge in [0.25, 0.3) is 5.91 Å². The van der Waals surface area contributed by atoms with E-state index in [1.165, 1.54) is 27.4 Å². The summed E-state index contributed by atoms with van der Waals surface area (Å²) in [7, 11) is 4.24. The molecule has 2 amide bonds. The number of Topliss-reactive ketones (excluding diaryl/α,β-unsaturated/α-hetero) is 2. The van der Waals surface area contributed by atoms with Gasteiger partial charge in [-0.05, 0) is 44.4 Å². The van der Waals surface area contributed by atoms with Crippen molar-refractivity contribution in [3.05, 3.63) is 57.4 Å². The second-order valence-electron chi connectivity index (χ2n) is 10.4. The summed E-state index contributed by atoms with van der Waals surface area (Å²) in [5.41, 5.74) is 6.20. The fourth-order valence-electron chi connectivity index (χ4n) is 5.02. The van der Waals surface area contributed by atoms with Crippen molar-refractivity contribution in [1.82, 2.24) is 5.32 Å². The molecule has 2 rings (SSSR count). The average Bonchev–Trinajstić information content (AvgIpc) is 2.94. The molecular formula is C30H42N2O9S. The van der Waals surface area contributed by atoms with Crippen molar-refractivity contribution in [1.29, 1.82) is 0 Å². The highest BCUT2D eigenvalue weighted by molar-refractivity contribution is 8.03. The van der Waals surface area contributed by atoms with Crippen molar-refractivity contribution < 1.29 is 43.2 Å². The van der Waals surface area contributed by atoms with Gasteiger partial charge in [0.2, 0.25) is 11.6 Å². The van der Waals surface area contributed by atoms with E-state index in [-0.39, 0.29) is 39.8 Å². The molecule has 232 valence electrons. The molecule has 2 aliphatic rings. The lowest BCUT2D eigenvalue weighted by molar-refractivity contribution is -0.121. The maximum Gasteiger partial charge on any atom is 0.405 e. The summed E-state index contributed by atoms with van der Waals surface area (Å²) in [6.45, 7) is 6.95. The van der Waals surface area contributed by atoms with E-state index < -0.39 is 53.9 Å². The minimum Gasteiger partial charge on any atom is -0.492 e. The zero-order valence-electron chi connectivity index (χ0n) is 25.4. The number of rotatable bonds is 5. The molecule has 1 aliphatic heterocycles. The van der Waals surface area contributed by atoms with Gasteiger partial charge in [0.05, 0.1) is 24.2 Å². The molecule has 0 aromatic carbocycles. The van der Waals surface area contributed by atoms with E-state index in [0.29, 0.717) is 12.0 Å². The number of amides is 2. The summed E-state index contributed by atoms with van der Waals surface area (Å²) < 4.78 is 21.9. The molecule has 1 aliphatic carbocycles. The van der Waals surface area contributed by atoms with Crippen molar-refractivity contribution in [3.8, 4) is 0 Å². The van der Waals surface area contributed by atoms with Crippen molar-refractivity contribution in [2.24, 2.45) is 17.6 Å². The Bertz CT molecular complexity index is 1220. The number of hydrogen-bond acceptors (Lipinski definition) is 10. The third-order valence-electron chi connectivity index (χ3n) is 7.26. The minimum atomic E-state index is -1.00. The summed E-state index contributed by atoms with van der Waals surface area (Å²) >= 11 is 1.04. The van der Waals surface area contributed by atoms with Crippen LogP contribution >= 0.6 is 11.8 Å². The number of ketones is 2. The number of allylic oxidation sites excluding steroid dienone is 4. The second kappa shape index (κ2) is 15.9. The maximum atomic E-state index is 13.7. The number of ether oxygens (including phenoxy) is 4. The Morgan fingerprint density at radius 3 is 2.31 bits per heavy atom. The molecule has 0 spiro atoms. The number of carbonyl (C=O) groups is 4. The lowest BCUT2D eigenvalue weighted by Crippen LogP contribution is -2.37. The number of aliphatic hydroxyl groups is 1. The molecule has 0 radical (unpaired) electrons. The molecule has 0 aromatic heterocycles. The van der Waals surface area contributed by atoms with Gasteiger partial charge >= 0.3 is 6.09 Å². The summed E-state index contributed by atoms with van der Waals surface area (Å²) in [6, 6.07) is 0. The maximum absolute atomic E-state index is 13.7. The molecule has 0 aromatic rings. The van der Waals surface area contributed by atoms with E-state index in [1.54, 1.807) is 45.3 Å². The summed E-state index contributed by atoms with van der Waals surface area (Å²) in [5, 5.41) is 13.8. The smallest absolute Gasteiger partial charge is 0.405 e. The van der Waals surface area contributed by atoms with E-state index in [1.807, 2.05) is 6.92 Å². The second-order valence-corrected chi connectivity index (χ2v) is 11.2. The summed E-state index contributed by atoms with van der Waals surface area (Å²) in [4.78, 5) is 51.9. The first-order valence-electron chi connectivity index (χ1n) is 13.5. The molecule has 0 fully saturated rings. The molecule has 0 unspecified atom stereocenters. The van der Waals surface area contributed by atoms with Crippen LogP contribution in [0.3, 0.4) is 0 Å². The van der Waals surface area contributed by atoms with Crippen LogP contribution in [-0.2, 0) is 33.3 Å². The number of nitrogens with two attached hydrogens (primary N) is 1. The van der Waals surface area contributed by atoms with E-state index in [2.05, 4.69) is 5.32 Å². The molecule has 2 bridgehead atoms. The van der Waals surface area contributed by atoms with E-state index in [4.69, 9.17) is 24.7 Å². The third kappa shape index (κ3) is 8.43. The number of primary amides is 1. The number of thioether (sulfide) groups is 1. The van der Waals surface area contributed by atoms with Crippen molar-refractivity contribution >= 4 is 35.3 Å². The van der Waals surface area contributed by atoms with Gasteiger partial charge in [-0.3, -0.25) is 14.4 Å². The van der Waals surface area contributed by atoms with Gasteiger partial charge in [-0.25, -0.2) is 4.79 Å². The van der Waals surface area contributed by atoms with Crippen LogP contribution in [0.25, 0.3) is 0 Å². The average molecular weight is 607 g/mol. The first-order chi connectivity index (χ1) is 19.8. The van der Waals surface area contributed by atoms with Gasteiger partial charge in [0, 0.05) is 31.3 Å². The summed E-state index contributed by atoms with van der Waals surface area (Å²) in [5.74, 6) is -2.33. The molecule has 4 N–H and O–H groups in total. The number of nitrogens with one attached hydrogen (secondary N) is 1. The highest BCUT2D eigenvalue weighted by atomic mass is 32.2. The summed E-state index contributed by atoms with van der Waals surface area (Å²) in [6.07, 6.45) is 4.20. The Morgan fingerprint density at radius 2 is 1.76 bits per heavy atom. The lowest BCUT2D eigenvalue weighted by atomic mass is 9.85. The van der Waals surface area contributed by atoms with E-state index >= 15 is 0 Å². The van der Waals surface area contributed by atoms with Crippen LogP contribution in [0.5, 0.6) is 0 Å². The van der Waals surface area contributed by atoms with Gasteiger partial charge in [-0.2, -0.15) is 0 Å². The van der Waals surface area contributed by atoms with E-state index in [0.717, 1.165) is 11.8 Å². The Labute approximate surface area is 251 Å². The quantitative estimate of drug-likeness (QED) is 0.313. The number of hydrogen-bond donors (Lipinski definition) is 3. The van der Waals surface area contributed by atoms with Gasteiger partial charge in [-0.1, -0.05) is 38.2 Å². The first-order valence-corrected chi connectivity index (χ1v) is 14.7. The van der Waals surface area contributed by atoms with Gasteiger partial charge in [-0.15, -0.1) is 11.8 Å². The monoisotopic (exact) mass is 606 g/mol. The number of carbonyl (C=O) groups excluding carboxylic acids is 4. The minimum absolute atomic E-state index is 0.0668. The Balaban J connectivity index is 2.68. The molecule has 42 heavy (non-hydrogen) atoms. The van der Waals surface area contributed by atoms with Crippen LogP contribution < -0.4 is 11.1 Å². The fourth-order valence-corrected chi connectivity index (χ4v) is 5.64. The highest BCUT2D eigenvalue weighted by Gasteiger charge is 2.38. The lowest BCUT2D eigenvalue weighted by Gasteiger charge is -2.30. The molecular weight excluding hydrogens is 564 g/mol.